The summed E-state index contributed by atoms with van der Waals surface area (Å²) in [5.41, 5.74) is 1.28. The molecule has 1 atom stereocenters. The normalized spacial score (nSPS) is 12.7. The van der Waals surface area contributed by atoms with Gasteiger partial charge in [0.05, 0.1) is 0 Å². The Morgan fingerprint density at radius 1 is 1.19 bits per heavy atom. The van der Waals surface area contributed by atoms with Crippen LogP contribution in [-0.4, -0.2) is 0 Å². The van der Waals surface area contributed by atoms with Crippen LogP contribution in [0.3, 0.4) is 0 Å². The van der Waals surface area contributed by atoms with Crippen molar-refractivity contribution in [3.8, 4) is 0 Å². The van der Waals surface area contributed by atoms with Crippen molar-refractivity contribution in [2.75, 3.05) is 0 Å². The summed E-state index contributed by atoms with van der Waals surface area (Å²) in [5, 5.41) is 2.12. The van der Waals surface area contributed by atoms with E-state index in [0.29, 0.717) is 4.83 Å². The highest BCUT2D eigenvalue weighted by molar-refractivity contribution is 9.11. The zero-order chi connectivity index (χ0) is 11.5. The maximum atomic E-state index is 3.75. The molecule has 0 spiro atoms. The monoisotopic (exact) mass is 422 g/mol. The predicted molar refractivity (Wildman–Crippen MR) is 81.5 cm³/mol. The van der Waals surface area contributed by atoms with Crippen molar-refractivity contribution in [3.63, 3.8) is 0 Å². The highest BCUT2D eigenvalue weighted by atomic mass is 79.9. The molecular formula is C12H9Br3S. The average Bonchev–Trinajstić information content (AvgIpc) is 2.74. The Morgan fingerprint density at radius 3 is 2.69 bits per heavy atom. The third kappa shape index (κ3) is 3.19. The number of alkyl halides is 1. The van der Waals surface area contributed by atoms with Gasteiger partial charge in [-0.3, -0.25) is 0 Å². The summed E-state index contributed by atoms with van der Waals surface area (Å²) in [6.45, 7) is 0. The van der Waals surface area contributed by atoms with E-state index in [9.17, 15) is 0 Å². The van der Waals surface area contributed by atoms with Gasteiger partial charge in [-0.25, -0.2) is 0 Å². The first kappa shape index (κ1) is 12.8. The number of rotatable bonds is 3. The first-order valence-electron chi connectivity index (χ1n) is 4.78. The first-order chi connectivity index (χ1) is 7.66. The van der Waals surface area contributed by atoms with E-state index in [1.165, 1.54) is 10.4 Å². The molecule has 1 unspecified atom stereocenters. The van der Waals surface area contributed by atoms with Gasteiger partial charge in [0.2, 0.25) is 0 Å². The molecule has 0 bridgehead atoms. The first-order valence-corrected chi connectivity index (χ1v) is 8.16. The zero-order valence-corrected chi connectivity index (χ0v) is 13.9. The van der Waals surface area contributed by atoms with Gasteiger partial charge in [-0.1, -0.05) is 53.9 Å². The second-order valence-corrected chi connectivity index (χ2v) is 7.32. The smallest absolute Gasteiger partial charge is 0.0455 e. The van der Waals surface area contributed by atoms with Crippen LogP contribution in [0.15, 0.2) is 44.7 Å². The van der Waals surface area contributed by atoms with Crippen molar-refractivity contribution in [2.45, 2.75) is 11.2 Å². The van der Waals surface area contributed by atoms with Crippen LogP contribution < -0.4 is 0 Å². The van der Waals surface area contributed by atoms with Gasteiger partial charge in [0.25, 0.3) is 0 Å². The van der Waals surface area contributed by atoms with Crippen LogP contribution in [0.4, 0.5) is 0 Å². The molecule has 0 amide bonds. The van der Waals surface area contributed by atoms with E-state index in [1.807, 2.05) is 6.07 Å². The van der Waals surface area contributed by atoms with E-state index < -0.39 is 0 Å². The lowest BCUT2D eigenvalue weighted by Gasteiger charge is -2.11. The lowest BCUT2D eigenvalue weighted by atomic mass is 10.1. The van der Waals surface area contributed by atoms with Crippen LogP contribution in [0.1, 0.15) is 15.3 Å². The molecule has 0 nitrogen and oxygen atoms in total. The zero-order valence-electron chi connectivity index (χ0n) is 8.29. The molecule has 1 aromatic heterocycles. The fourth-order valence-corrected chi connectivity index (χ4v) is 4.37. The van der Waals surface area contributed by atoms with Crippen LogP contribution in [0.25, 0.3) is 0 Å². The van der Waals surface area contributed by atoms with Gasteiger partial charge in [-0.15, -0.1) is 11.3 Å². The molecule has 1 heterocycles. The number of hydrogen-bond donors (Lipinski definition) is 0. The molecule has 84 valence electrons. The second kappa shape index (κ2) is 5.80. The number of hydrogen-bond acceptors (Lipinski definition) is 1. The molecule has 0 aliphatic heterocycles. The SMILES string of the molecule is Brc1ccc(Br)c(C(Br)Cc2cccs2)c1. The fourth-order valence-electron chi connectivity index (χ4n) is 1.47. The van der Waals surface area contributed by atoms with Gasteiger partial charge in [-0.2, -0.15) is 0 Å². The van der Waals surface area contributed by atoms with Crippen molar-refractivity contribution in [2.24, 2.45) is 0 Å². The highest BCUT2D eigenvalue weighted by Gasteiger charge is 2.12. The number of benzene rings is 1. The van der Waals surface area contributed by atoms with Gasteiger partial charge in [0.15, 0.2) is 0 Å². The Kier molecular flexibility index (Phi) is 4.65. The minimum absolute atomic E-state index is 0.345. The van der Waals surface area contributed by atoms with Crippen LogP contribution in [0.2, 0.25) is 0 Å². The Labute approximate surface area is 124 Å². The summed E-state index contributed by atoms with van der Waals surface area (Å²) in [6.07, 6.45) is 1.02. The topological polar surface area (TPSA) is 0 Å². The largest absolute Gasteiger partial charge is 0.149 e. The maximum Gasteiger partial charge on any atom is 0.0455 e. The summed E-state index contributed by atoms with van der Waals surface area (Å²) >= 11 is 12.6. The summed E-state index contributed by atoms with van der Waals surface area (Å²) in [6, 6.07) is 10.5. The Bertz CT molecular complexity index is 465. The van der Waals surface area contributed by atoms with Crippen LogP contribution in [0.5, 0.6) is 0 Å². The molecule has 16 heavy (non-hydrogen) atoms. The second-order valence-electron chi connectivity index (χ2n) is 3.42. The molecule has 0 saturated carbocycles. The lowest BCUT2D eigenvalue weighted by Crippen LogP contribution is -1.94. The summed E-state index contributed by atoms with van der Waals surface area (Å²) < 4.78 is 2.26. The number of thiophene rings is 1. The molecule has 0 radical (unpaired) electrons. The van der Waals surface area contributed by atoms with E-state index >= 15 is 0 Å². The molecule has 2 aromatic rings. The van der Waals surface area contributed by atoms with Gasteiger partial charge in [0, 0.05) is 18.6 Å². The van der Waals surface area contributed by atoms with Crippen LogP contribution >= 0.6 is 59.1 Å². The summed E-state index contributed by atoms with van der Waals surface area (Å²) in [5.74, 6) is 0. The standard InChI is InChI=1S/C12H9Br3S/c13-8-3-4-11(14)10(6-8)12(15)7-9-2-1-5-16-9/h1-6,12H,7H2. The molecule has 1 aromatic carbocycles. The van der Waals surface area contributed by atoms with E-state index in [4.69, 9.17) is 0 Å². The van der Waals surface area contributed by atoms with Gasteiger partial charge in [0.1, 0.15) is 0 Å². The molecule has 0 aliphatic carbocycles. The van der Waals surface area contributed by atoms with Crippen molar-refractivity contribution in [3.05, 3.63) is 55.1 Å². The van der Waals surface area contributed by atoms with Crippen LogP contribution in [-0.2, 0) is 6.42 Å². The molecule has 2 rings (SSSR count). The van der Waals surface area contributed by atoms with E-state index in [-0.39, 0.29) is 0 Å². The lowest BCUT2D eigenvalue weighted by molar-refractivity contribution is 0.961. The molecule has 0 aliphatic rings. The Hall–Kier alpha value is 0.360. The minimum atomic E-state index is 0.345. The van der Waals surface area contributed by atoms with Crippen molar-refractivity contribution < 1.29 is 0 Å². The van der Waals surface area contributed by atoms with E-state index in [0.717, 1.165) is 15.4 Å². The number of halogens is 3. The third-order valence-electron chi connectivity index (χ3n) is 2.26. The summed E-state index contributed by atoms with van der Waals surface area (Å²) in [7, 11) is 0. The molecule has 0 saturated heterocycles. The third-order valence-corrected chi connectivity index (χ3v) is 5.19. The fraction of sp³-hybridized carbons (Fsp3) is 0.167. The Morgan fingerprint density at radius 2 is 2.00 bits per heavy atom. The highest BCUT2D eigenvalue weighted by Crippen LogP contribution is 2.35. The quantitative estimate of drug-likeness (QED) is 0.534. The van der Waals surface area contributed by atoms with Crippen molar-refractivity contribution in [1.82, 2.24) is 0 Å². The molecule has 0 N–H and O–H groups in total. The molecular weight excluding hydrogens is 416 g/mol. The predicted octanol–water partition coefficient (Wildman–Crippen LogP) is 5.95. The van der Waals surface area contributed by atoms with E-state index in [1.54, 1.807) is 11.3 Å². The van der Waals surface area contributed by atoms with E-state index in [2.05, 4.69) is 77.4 Å². The van der Waals surface area contributed by atoms with Crippen molar-refractivity contribution in [1.29, 1.82) is 0 Å². The molecule has 4 heteroatoms. The Balaban J connectivity index is 2.20. The average molecular weight is 425 g/mol. The van der Waals surface area contributed by atoms with Gasteiger partial charge in [-0.05, 0) is 41.6 Å². The minimum Gasteiger partial charge on any atom is -0.149 e. The van der Waals surface area contributed by atoms with Gasteiger partial charge < -0.3 is 0 Å². The molecule has 0 fully saturated rings. The van der Waals surface area contributed by atoms with Crippen molar-refractivity contribution >= 4 is 59.1 Å². The maximum absolute atomic E-state index is 3.75. The van der Waals surface area contributed by atoms with Crippen LogP contribution in [0, 0.1) is 0 Å². The summed E-state index contributed by atoms with van der Waals surface area (Å²) in [4.78, 5) is 1.74. The van der Waals surface area contributed by atoms with Gasteiger partial charge >= 0.3 is 0 Å².